The third-order valence-corrected chi connectivity index (χ3v) is 3.18. The molecule has 2 aromatic rings. The Labute approximate surface area is 127 Å². The Morgan fingerprint density at radius 2 is 1.81 bits per heavy atom. The first-order valence-electron chi connectivity index (χ1n) is 6.14. The number of nitrogens with two attached hydrogens (primary N) is 1. The molecule has 6 heteroatoms. The molecule has 0 heterocycles. The summed E-state index contributed by atoms with van der Waals surface area (Å²) in [5.74, 6) is 0.515. The second-order valence-electron chi connectivity index (χ2n) is 4.23. The lowest BCUT2D eigenvalue weighted by molar-refractivity contribution is 0.102. The molecule has 2 rings (SSSR count). The fraction of sp³-hybridized carbons (Fsp3) is 0.133. The second-order valence-corrected chi connectivity index (χ2v) is 4.64. The minimum absolute atomic E-state index is 0.301. The molecular weight excluding hydrogens is 292 g/mol. The second kappa shape index (κ2) is 6.37. The van der Waals surface area contributed by atoms with Crippen molar-refractivity contribution in [1.29, 1.82) is 0 Å². The standard InChI is InChI=1S/C15H15ClN2O3/c1-20-12-6-4-3-5-10(12)15(19)18-14-11(16)7-9(17)8-13(14)21-2/h3-8H,17H2,1-2H3,(H,18,19). The first kappa shape index (κ1) is 15.0. The zero-order valence-electron chi connectivity index (χ0n) is 11.6. The van der Waals surface area contributed by atoms with Gasteiger partial charge >= 0.3 is 0 Å². The first-order chi connectivity index (χ1) is 10.1. The molecule has 0 aromatic heterocycles. The van der Waals surface area contributed by atoms with Crippen molar-refractivity contribution in [3.63, 3.8) is 0 Å². The zero-order valence-corrected chi connectivity index (χ0v) is 12.4. The fourth-order valence-corrected chi connectivity index (χ4v) is 2.16. The normalized spacial score (nSPS) is 10.0. The lowest BCUT2D eigenvalue weighted by Gasteiger charge is -2.14. The summed E-state index contributed by atoms with van der Waals surface area (Å²) in [5.41, 5.74) is 6.91. The molecule has 110 valence electrons. The monoisotopic (exact) mass is 306 g/mol. The van der Waals surface area contributed by atoms with Gasteiger partial charge in [-0.05, 0) is 18.2 Å². The summed E-state index contributed by atoms with van der Waals surface area (Å²) < 4.78 is 10.4. The molecular formula is C15H15ClN2O3. The quantitative estimate of drug-likeness (QED) is 0.851. The number of amides is 1. The lowest BCUT2D eigenvalue weighted by Crippen LogP contribution is -2.14. The molecule has 0 radical (unpaired) electrons. The lowest BCUT2D eigenvalue weighted by atomic mass is 10.1. The molecule has 0 aliphatic heterocycles. The van der Waals surface area contributed by atoms with E-state index >= 15 is 0 Å². The smallest absolute Gasteiger partial charge is 0.259 e. The van der Waals surface area contributed by atoms with E-state index in [0.717, 1.165) is 0 Å². The van der Waals surface area contributed by atoms with E-state index in [2.05, 4.69) is 5.32 Å². The molecule has 3 N–H and O–H groups in total. The third-order valence-electron chi connectivity index (χ3n) is 2.89. The van der Waals surface area contributed by atoms with Crippen molar-refractivity contribution in [2.45, 2.75) is 0 Å². The number of carbonyl (C=O) groups excluding carboxylic acids is 1. The van der Waals surface area contributed by atoms with Gasteiger partial charge in [-0.3, -0.25) is 4.79 Å². The van der Waals surface area contributed by atoms with Crippen molar-refractivity contribution in [3.8, 4) is 11.5 Å². The number of rotatable bonds is 4. The van der Waals surface area contributed by atoms with Gasteiger partial charge in [-0.1, -0.05) is 23.7 Å². The molecule has 0 aliphatic rings. The fourth-order valence-electron chi connectivity index (χ4n) is 1.90. The number of methoxy groups -OCH3 is 2. The number of anilines is 2. The van der Waals surface area contributed by atoms with Crippen LogP contribution in [0.1, 0.15) is 10.4 Å². The van der Waals surface area contributed by atoms with Gasteiger partial charge in [-0.15, -0.1) is 0 Å². The minimum Gasteiger partial charge on any atom is -0.496 e. The Bertz CT molecular complexity index is 674. The average Bonchev–Trinajstić information content (AvgIpc) is 2.49. The van der Waals surface area contributed by atoms with Crippen molar-refractivity contribution >= 4 is 28.9 Å². The summed E-state index contributed by atoms with van der Waals surface area (Å²) in [6.07, 6.45) is 0. The number of hydrogen-bond acceptors (Lipinski definition) is 4. The van der Waals surface area contributed by atoms with Gasteiger partial charge in [0.2, 0.25) is 0 Å². The minimum atomic E-state index is -0.350. The Kier molecular flexibility index (Phi) is 4.55. The SMILES string of the molecule is COc1ccccc1C(=O)Nc1c(Cl)cc(N)cc1OC. The molecule has 2 aromatic carbocycles. The van der Waals surface area contributed by atoms with Crippen LogP contribution in [0, 0.1) is 0 Å². The van der Waals surface area contributed by atoms with Gasteiger partial charge in [0.15, 0.2) is 0 Å². The number of nitrogen functional groups attached to an aromatic ring is 1. The summed E-state index contributed by atoms with van der Waals surface area (Å²) in [4.78, 5) is 12.4. The number of ether oxygens (including phenoxy) is 2. The number of para-hydroxylation sites is 1. The Balaban J connectivity index is 2.36. The molecule has 0 fully saturated rings. The molecule has 0 unspecified atom stereocenters. The Morgan fingerprint density at radius 3 is 2.48 bits per heavy atom. The van der Waals surface area contributed by atoms with Gasteiger partial charge in [-0.2, -0.15) is 0 Å². The molecule has 0 atom stereocenters. The highest BCUT2D eigenvalue weighted by molar-refractivity contribution is 6.34. The van der Waals surface area contributed by atoms with E-state index in [0.29, 0.717) is 33.5 Å². The molecule has 0 aliphatic carbocycles. The topological polar surface area (TPSA) is 73.6 Å². The predicted octanol–water partition coefficient (Wildman–Crippen LogP) is 3.19. The highest BCUT2D eigenvalue weighted by Crippen LogP contribution is 2.35. The summed E-state index contributed by atoms with van der Waals surface area (Å²) in [7, 11) is 2.98. The van der Waals surface area contributed by atoms with E-state index < -0.39 is 0 Å². The van der Waals surface area contributed by atoms with Crippen LogP contribution in [0.4, 0.5) is 11.4 Å². The van der Waals surface area contributed by atoms with E-state index in [1.165, 1.54) is 14.2 Å². The molecule has 21 heavy (non-hydrogen) atoms. The van der Waals surface area contributed by atoms with Gasteiger partial charge in [-0.25, -0.2) is 0 Å². The van der Waals surface area contributed by atoms with Gasteiger partial charge in [0.05, 0.1) is 24.8 Å². The van der Waals surface area contributed by atoms with Crippen molar-refractivity contribution in [1.82, 2.24) is 0 Å². The van der Waals surface area contributed by atoms with E-state index in [1.54, 1.807) is 36.4 Å². The highest BCUT2D eigenvalue weighted by Gasteiger charge is 2.16. The van der Waals surface area contributed by atoms with Crippen LogP contribution in [0.25, 0.3) is 0 Å². The molecule has 0 saturated carbocycles. The molecule has 1 amide bonds. The van der Waals surface area contributed by atoms with Crippen LogP contribution < -0.4 is 20.5 Å². The van der Waals surface area contributed by atoms with Crippen LogP contribution in [0.15, 0.2) is 36.4 Å². The summed E-state index contributed by atoms with van der Waals surface area (Å²) in [5, 5.41) is 3.02. The van der Waals surface area contributed by atoms with Crippen LogP contribution >= 0.6 is 11.6 Å². The van der Waals surface area contributed by atoms with Crippen molar-refractivity contribution in [3.05, 3.63) is 47.0 Å². The van der Waals surface area contributed by atoms with Crippen molar-refractivity contribution < 1.29 is 14.3 Å². The first-order valence-corrected chi connectivity index (χ1v) is 6.52. The maximum Gasteiger partial charge on any atom is 0.259 e. The van der Waals surface area contributed by atoms with E-state index in [9.17, 15) is 4.79 Å². The average molecular weight is 307 g/mol. The van der Waals surface area contributed by atoms with Gasteiger partial charge in [0.25, 0.3) is 5.91 Å². The molecule has 0 spiro atoms. The maximum atomic E-state index is 12.4. The zero-order chi connectivity index (χ0) is 15.4. The van der Waals surface area contributed by atoms with Crippen LogP contribution in [-0.4, -0.2) is 20.1 Å². The van der Waals surface area contributed by atoms with E-state index in [1.807, 2.05) is 0 Å². The highest BCUT2D eigenvalue weighted by atomic mass is 35.5. The molecule has 5 nitrogen and oxygen atoms in total. The van der Waals surface area contributed by atoms with Crippen LogP contribution in [0.5, 0.6) is 11.5 Å². The van der Waals surface area contributed by atoms with Crippen molar-refractivity contribution in [2.75, 3.05) is 25.3 Å². The number of nitrogens with one attached hydrogen (secondary N) is 1. The van der Waals surface area contributed by atoms with Crippen molar-refractivity contribution in [2.24, 2.45) is 0 Å². The predicted molar refractivity (Wildman–Crippen MR) is 83.4 cm³/mol. The van der Waals surface area contributed by atoms with Gasteiger partial charge in [0, 0.05) is 11.8 Å². The third kappa shape index (κ3) is 3.20. The largest absolute Gasteiger partial charge is 0.496 e. The van der Waals surface area contributed by atoms with Gasteiger partial charge < -0.3 is 20.5 Å². The number of hydrogen-bond donors (Lipinski definition) is 2. The van der Waals surface area contributed by atoms with Crippen LogP contribution in [0.3, 0.4) is 0 Å². The maximum absolute atomic E-state index is 12.4. The Morgan fingerprint density at radius 1 is 1.14 bits per heavy atom. The van der Waals surface area contributed by atoms with Gasteiger partial charge in [0.1, 0.15) is 17.2 Å². The molecule has 0 bridgehead atoms. The summed E-state index contributed by atoms with van der Waals surface area (Å²) in [6.45, 7) is 0. The van der Waals surface area contributed by atoms with E-state index in [4.69, 9.17) is 26.8 Å². The number of benzene rings is 2. The summed E-state index contributed by atoms with van der Waals surface area (Å²) >= 11 is 6.11. The summed E-state index contributed by atoms with van der Waals surface area (Å²) in [6, 6.07) is 10.0. The van der Waals surface area contributed by atoms with E-state index in [-0.39, 0.29) is 5.91 Å². The Hall–Kier alpha value is -2.40. The number of halogens is 1. The molecule has 0 saturated heterocycles. The van der Waals surface area contributed by atoms with Crippen LogP contribution in [0.2, 0.25) is 5.02 Å². The van der Waals surface area contributed by atoms with Crippen LogP contribution in [-0.2, 0) is 0 Å². The number of carbonyl (C=O) groups is 1.